The summed E-state index contributed by atoms with van der Waals surface area (Å²) in [5.41, 5.74) is -7.85. The number of hydrogen-bond donors (Lipinski definition) is 5. The Hall–Kier alpha value is -4.43. The van der Waals surface area contributed by atoms with E-state index in [1.165, 1.54) is 12.5 Å². The lowest BCUT2D eigenvalue weighted by atomic mass is 9.59. The topological polar surface area (TPSA) is 214 Å². The number of fused-ring (bicyclic) bond motifs is 2. The molecular weight excluding hydrogens is 700 g/mol. The molecule has 0 radical (unpaired) electrons. The van der Waals surface area contributed by atoms with Gasteiger partial charge in [-0.2, -0.15) is 0 Å². The number of hydrogen-bond acceptors (Lipinski definition) is 10. The second kappa shape index (κ2) is 17.4. The van der Waals surface area contributed by atoms with E-state index in [-0.39, 0.29) is 31.1 Å². The number of aryl methyl sites for hydroxylation is 1. The fourth-order valence-corrected chi connectivity index (χ4v) is 8.11. The summed E-state index contributed by atoms with van der Waals surface area (Å²) < 4.78 is 17.1. The average molecular weight is 753 g/mol. The number of benzene rings is 2. The normalized spacial score (nSPS) is 29.3. The van der Waals surface area contributed by atoms with Crippen LogP contribution in [-0.2, 0) is 51.0 Å². The molecule has 0 spiro atoms. The Morgan fingerprint density at radius 3 is 2.06 bits per heavy atom. The van der Waals surface area contributed by atoms with E-state index in [9.17, 15) is 49.5 Å². The molecule has 7 unspecified atom stereocenters. The summed E-state index contributed by atoms with van der Waals surface area (Å²) in [6.45, 7) is 6.10. The highest BCUT2D eigenvalue weighted by Crippen LogP contribution is 2.63. The molecule has 294 valence electrons. The summed E-state index contributed by atoms with van der Waals surface area (Å²) >= 11 is 0. The summed E-state index contributed by atoms with van der Waals surface area (Å²) in [5, 5.41) is 54.8. The highest BCUT2D eigenvalue weighted by atomic mass is 16.8. The van der Waals surface area contributed by atoms with Crippen molar-refractivity contribution in [3.63, 3.8) is 0 Å². The van der Waals surface area contributed by atoms with Gasteiger partial charge in [0.05, 0.1) is 0 Å². The molecule has 13 nitrogen and oxygen atoms in total. The molecule has 2 saturated heterocycles. The van der Waals surface area contributed by atoms with Crippen LogP contribution in [0.4, 0.5) is 0 Å². The van der Waals surface area contributed by atoms with Gasteiger partial charge < -0.3 is 39.7 Å². The minimum Gasteiger partial charge on any atom is -0.479 e. The first-order valence-corrected chi connectivity index (χ1v) is 18.4. The first kappa shape index (κ1) is 42.3. The number of carboxylic acid groups (broad SMARTS) is 3. The van der Waals surface area contributed by atoms with Crippen LogP contribution in [0.2, 0.25) is 0 Å². The van der Waals surface area contributed by atoms with E-state index in [0.717, 1.165) is 31.7 Å². The van der Waals surface area contributed by atoms with Gasteiger partial charge >= 0.3 is 23.9 Å². The number of rotatable bonds is 20. The summed E-state index contributed by atoms with van der Waals surface area (Å²) in [7, 11) is 0. The molecule has 0 amide bonds. The zero-order valence-corrected chi connectivity index (χ0v) is 31.2. The van der Waals surface area contributed by atoms with Crippen LogP contribution >= 0.6 is 0 Å². The SMILES string of the molecule is CC(=O)OC(CCCC12OC(C(=O)O)C(O)(C(=O)O)C(C(=O)O)(O1)[C@@](C)(C(=O)CC/C=C/C(C)CCCc1ccccc1)[C@H]2O)C(C)Cc1ccccc1. The molecule has 2 bridgehead atoms. The quantitative estimate of drug-likeness (QED) is 0.0914. The zero-order chi connectivity index (χ0) is 39.9. The second-order valence-corrected chi connectivity index (χ2v) is 14.9. The number of carbonyl (C=O) groups excluding carboxylic acids is 2. The predicted octanol–water partition coefficient (Wildman–Crippen LogP) is 4.75. The number of carbonyl (C=O) groups is 5. The number of esters is 1. The smallest absolute Gasteiger partial charge is 0.342 e. The van der Waals surface area contributed by atoms with E-state index in [1.54, 1.807) is 6.08 Å². The van der Waals surface area contributed by atoms with Crippen LogP contribution in [0.25, 0.3) is 0 Å². The number of ether oxygens (including phenoxy) is 3. The Morgan fingerprint density at radius 1 is 0.889 bits per heavy atom. The van der Waals surface area contributed by atoms with E-state index in [1.807, 2.05) is 68.5 Å². The lowest BCUT2D eigenvalue weighted by molar-refractivity contribution is -0.374. The first-order valence-electron chi connectivity index (χ1n) is 18.4. The van der Waals surface area contributed by atoms with Crippen molar-refractivity contribution in [2.45, 2.75) is 121 Å². The first-order chi connectivity index (χ1) is 25.5. The van der Waals surface area contributed by atoms with Gasteiger partial charge in [-0.05, 0) is 74.8 Å². The lowest BCUT2D eigenvalue weighted by Crippen LogP contribution is -2.79. The van der Waals surface area contributed by atoms with Crippen LogP contribution in [0.1, 0.15) is 83.8 Å². The van der Waals surface area contributed by atoms with E-state index in [4.69, 9.17) is 14.2 Å². The number of allylic oxidation sites excluding steroid dienone is 2. The standard InChI is InChI=1S/C41H52O13/c1-26(16-13-21-29-17-7-5-8-18-29)15-11-12-23-32(43)38(4)35(46)39(53-33(34(44)45)40(51,36(47)48)41(38,54-39)37(49)50)24-14-22-31(52-28(3)42)27(2)25-30-19-9-6-10-20-30/h5-11,15,17-20,26-27,31,33,35,46,51H,12-14,16,21-25H2,1-4H3,(H,44,45)(H,47,48)(H,49,50)/b15-11+/t26?,27?,31?,33?,35-,38+,39?,40?,41?/m1/s1. The largest absolute Gasteiger partial charge is 0.479 e. The molecule has 2 aliphatic heterocycles. The minimum atomic E-state index is -3.86. The van der Waals surface area contributed by atoms with Crippen LogP contribution in [-0.4, -0.2) is 90.5 Å². The van der Waals surface area contributed by atoms with E-state index >= 15 is 0 Å². The molecular formula is C41H52O13. The molecule has 2 fully saturated rings. The molecule has 2 aliphatic rings. The third kappa shape index (κ3) is 8.14. The second-order valence-electron chi connectivity index (χ2n) is 14.9. The van der Waals surface area contributed by atoms with Crippen LogP contribution < -0.4 is 0 Å². The monoisotopic (exact) mass is 752 g/mol. The fourth-order valence-electron chi connectivity index (χ4n) is 8.11. The summed E-state index contributed by atoms with van der Waals surface area (Å²) in [4.78, 5) is 64.9. The van der Waals surface area contributed by atoms with Gasteiger partial charge in [-0.3, -0.25) is 9.59 Å². The minimum absolute atomic E-state index is 0.0170. The number of ketones is 1. The molecule has 54 heavy (non-hydrogen) atoms. The Morgan fingerprint density at radius 2 is 1.50 bits per heavy atom. The van der Waals surface area contributed by atoms with Gasteiger partial charge in [0.1, 0.15) is 23.4 Å². The molecule has 13 heteroatoms. The summed E-state index contributed by atoms with van der Waals surface area (Å²) in [5.74, 6) is -10.7. The van der Waals surface area contributed by atoms with Gasteiger partial charge in [0.25, 0.3) is 0 Å². The highest BCUT2D eigenvalue weighted by Gasteiger charge is 2.89. The maximum absolute atomic E-state index is 14.2. The van der Waals surface area contributed by atoms with Crippen molar-refractivity contribution in [3.8, 4) is 0 Å². The Kier molecular flexibility index (Phi) is 13.6. The van der Waals surface area contributed by atoms with E-state index in [2.05, 4.69) is 12.1 Å². The number of aliphatic carboxylic acids is 3. The van der Waals surface area contributed by atoms with Crippen molar-refractivity contribution in [2.24, 2.45) is 17.3 Å². The molecule has 2 heterocycles. The van der Waals surface area contributed by atoms with Crippen molar-refractivity contribution in [1.82, 2.24) is 0 Å². The average Bonchev–Trinajstić information content (AvgIpc) is 3.30. The maximum Gasteiger partial charge on any atom is 0.342 e. The van der Waals surface area contributed by atoms with Crippen LogP contribution in [0.15, 0.2) is 72.8 Å². The van der Waals surface area contributed by atoms with Gasteiger partial charge in [0, 0.05) is 19.8 Å². The number of aliphatic hydroxyl groups excluding tert-OH is 1. The van der Waals surface area contributed by atoms with E-state index < -0.39 is 83.2 Å². The van der Waals surface area contributed by atoms with Gasteiger partial charge in [-0.15, -0.1) is 0 Å². The van der Waals surface area contributed by atoms with E-state index in [0.29, 0.717) is 6.42 Å². The van der Waals surface area contributed by atoms with Gasteiger partial charge in [-0.25, -0.2) is 14.4 Å². The lowest BCUT2D eigenvalue weighted by Gasteiger charge is -2.50. The van der Waals surface area contributed by atoms with Crippen molar-refractivity contribution >= 4 is 29.7 Å². The molecule has 2 aromatic rings. The fraction of sp³-hybridized carbons (Fsp3) is 0.537. The zero-order valence-electron chi connectivity index (χ0n) is 31.2. The molecule has 0 aliphatic carbocycles. The van der Waals surface area contributed by atoms with Crippen molar-refractivity contribution in [2.75, 3.05) is 0 Å². The molecule has 0 saturated carbocycles. The molecule has 4 rings (SSSR count). The number of Topliss-reactive ketones (excluding diaryl/α,β-unsaturated/α-hetero) is 1. The maximum atomic E-state index is 14.2. The highest BCUT2D eigenvalue weighted by molar-refractivity contribution is 6.03. The number of aliphatic hydroxyl groups is 2. The van der Waals surface area contributed by atoms with Crippen LogP contribution in [0.3, 0.4) is 0 Å². The van der Waals surface area contributed by atoms with Gasteiger partial charge in [-0.1, -0.05) is 86.7 Å². The van der Waals surface area contributed by atoms with Crippen molar-refractivity contribution in [1.29, 1.82) is 0 Å². The Labute approximate surface area is 314 Å². The molecule has 5 N–H and O–H groups in total. The third-order valence-corrected chi connectivity index (χ3v) is 11.0. The Bertz CT molecular complexity index is 1680. The third-order valence-electron chi connectivity index (χ3n) is 11.0. The van der Waals surface area contributed by atoms with Crippen molar-refractivity contribution < 1.29 is 63.7 Å². The van der Waals surface area contributed by atoms with Gasteiger partial charge in [0.15, 0.2) is 5.79 Å². The summed E-state index contributed by atoms with van der Waals surface area (Å²) in [6.07, 6.45) is 0.507. The van der Waals surface area contributed by atoms with Crippen molar-refractivity contribution in [3.05, 3.63) is 83.9 Å². The molecule has 0 aromatic heterocycles. The summed E-state index contributed by atoms with van der Waals surface area (Å²) in [6, 6.07) is 19.5. The van der Waals surface area contributed by atoms with Crippen LogP contribution in [0, 0.1) is 17.3 Å². The predicted molar refractivity (Wildman–Crippen MR) is 194 cm³/mol. The Balaban J connectivity index is 1.59. The molecule has 2 aromatic carbocycles. The molecule has 9 atom stereocenters. The number of carboxylic acids is 3. The van der Waals surface area contributed by atoms with Gasteiger partial charge in [0.2, 0.25) is 17.3 Å². The van der Waals surface area contributed by atoms with Crippen LogP contribution in [0.5, 0.6) is 0 Å².